The van der Waals surface area contributed by atoms with E-state index in [-0.39, 0.29) is 69.9 Å². The molecule has 0 unspecified atom stereocenters. The van der Waals surface area contributed by atoms with Gasteiger partial charge in [-0.25, -0.2) is 4.79 Å². The highest BCUT2D eigenvalue weighted by atomic mass is 16.4. The summed E-state index contributed by atoms with van der Waals surface area (Å²) < 4.78 is 0. The Morgan fingerprint density at radius 2 is 0.661 bits per heavy atom. The van der Waals surface area contributed by atoms with Gasteiger partial charge in [-0.15, -0.1) is 0 Å². The molecule has 0 saturated carbocycles. The number of rotatable bonds is 58. The summed E-state index contributed by atoms with van der Waals surface area (Å²) in [7, 11) is 0. The molecule has 0 rings (SSSR count). The van der Waals surface area contributed by atoms with Gasteiger partial charge in [0.2, 0.25) is 106 Å². The Hall–Kier alpha value is -10.2. The van der Waals surface area contributed by atoms with Gasteiger partial charge in [0, 0.05) is 12.8 Å². The van der Waals surface area contributed by atoms with Gasteiger partial charge in [-0.1, -0.05) is 102 Å². The molecule has 42 nitrogen and oxygen atoms in total. The van der Waals surface area contributed by atoms with Crippen molar-refractivity contribution in [3.8, 4) is 0 Å². The standard InChI is InChI=1S/C73H131N21O21/c1-15-37(10)54(80)68(109)84-44(24-26-49(76)96)63(104)87-48(32-52(79)99)66(107)82-40(13)60(101)91-56(36(8)9)70(111)89-47(31-51(78)98)61(102)81-33-53(100)90-55(35(6)7)69(110)85-42(22-18-20-28-74)62(103)83-45(25-27-50(77)97)65(106)92-57(38(11)16-2)71(112)86-43(23-19-21-29-75)64(105)94-59(41(14)95)72(113)88-46(30-34(4)5)67(108)93-58(73(114)115)39(12)17-3/h34-48,54-59,95H,15-33,74-75,80H2,1-14H3,(H2,76,96)(H2,77,97)(H2,78,98)(H2,79,99)(H,81,102)(H,82,107)(H,83,103)(H,84,109)(H,85,110)(H,86,112)(H,87,104)(H,88,113)(H,89,111)(H,90,100)(H,91,101)(H,92,106)(H,93,108)(H,94,105)(H,114,115)/t37-,38-,39-,40-,41+,42-,43-,44-,45-,46-,47-,48-,54-,55-,56-,57-,58-,59-/m0/s1. The van der Waals surface area contributed by atoms with Gasteiger partial charge in [0.25, 0.3) is 0 Å². The van der Waals surface area contributed by atoms with Crippen LogP contribution in [0.15, 0.2) is 0 Å². The maximum atomic E-state index is 14.5. The number of carboxylic acid groups (broad SMARTS) is 1. The van der Waals surface area contributed by atoms with Crippen molar-refractivity contribution in [1.29, 1.82) is 0 Å². The third-order valence-electron chi connectivity index (χ3n) is 19.1. The van der Waals surface area contributed by atoms with Gasteiger partial charge in [0.1, 0.15) is 78.5 Å². The smallest absolute Gasteiger partial charge is 0.326 e. The third kappa shape index (κ3) is 39.6. The largest absolute Gasteiger partial charge is 0.480 e. The van der Waals surface area contributed by atoms with Crippen LogP contribution in [0.3, 0.4) is 0 Å². The van der Waals surface area contributed by atoms with E-state index in [9.17, 15) is 101 Å². The van der Waals surface area contributed by atoms with E-state index in [0.29, 0.717) is 25.7 Å². The van der Waals surface area contributed by atoms with Gasteiger partial charge < -0.3 is 125 Å². The maximum Gasteiger partial charge on any atom is 0.326 e. The highest BCUT2D eigenvalue weighted by molar-refractivity contribution is 6.01. The van der Waals surface area contributed by atoms with Gasteiger partial charge in [0.05, 0.1) is 31.5 Å². The van der Waals surface area contributed by atoms with Crippen LogP contribution in [0, 0.1) is 35.5 Å². The van der Waals surface area contributed by atoms with Crippen LogP contribution in [0.1, 0.15) is 200 Å². The van der Waals surface area contributed by atoms with E-state index in [1.54, 1.807) is 55.4 Å². The van der Waals surface area contributed by atoms with Crippen LogP contribution in [0.4, 0.5) is 0 Å². The number of nitrogens with two attached hydrogens (primary N) is 7. The predicted octanol–water partition coefficient (Wildman–Crippen LogP) is -6.75. The van der Waals surface area contributed by atoms with Crippen molar-refractivity contribution >= 4 is 112 Å². The zero-order chi connectivity index (χ0) is 88.4. The Labute approximate surface area is 671 Å². The van der Waals surface area contributed by atoms with Gasteiger partial charge in [0.15, 0.2) is 0 Å². The van der Waals surface area contributed by atoms with Gasteiger partial charge in [-0.3, -0.25) is 86.3 Å². The van der Waals surface area contributed by atoms with Crippen molar-refractivity contribution in [1.82, 2.24) is 74.4 Å². The first-order valence-electron chi connectivity index (χ1n) is 39.0. The van der Waals surface area contributed by atoms with Crippen LogP contribution in [0.5, 0.6) is 0 Å². The number of primary amides is 4. The number of carboxylic acids is 1. The Morgan fingerprint density at radius 3 is 1.07 bits per heavy atom. The quantitative estimate of drug-likeness (QED) is 0.0252. The Morgan fingerprint density at radius 1 is 0.330 bits per heavy atom. The average molecular weight is 1640 g/mol. The van der Waals surface area contributed by atoms with Crippen LogP contribution in [0.25, 0.3) is 0 Å². The Bertz CT molecular complexity index is 3310. The number of aliphatic hydroxyl groups is 1. The number of hydrogen-bond donors (Lipinski definition) is 23. The lowest BCUT2D eigenvalue weighted by molar-refractivity contribution is -0.144. The molecule has 0 aromatic rings. The molecule has 0 radical (unpaired) electrons. The fraction of sp³-hybridized carbons (Fsp3) is 0.740. The number of nitrogens with one attached hydrogen (secondary N) is 14. The molecule has 42 heteroatoms. The number of aliphatic carboxylic acids is 1. The van der Waals surface area contributed by atoms with Crippen LogP contribution in [-0.4, -0.2) is 233 Å². The average Bonchev–Trinajstić information content (AvgIpc) is 0.842. The highest BCUT2D eigenvalue weighted by Gasteiger charge is 2.40. The fourth-order valence-corrected chi connectivity index (χ4v) is 11.3. The molecule has 0 aliphatic heterocycles. The lowest BCUT2D eigenvalue weighted by Gasteiger charge is -2.30. The van der Waals surface area contributed by atoms with Crippen molar-refractivity contribution in [2.75, 3.05) is 19.6 Å². The first-order valence-corrected chi connectivity index (χ1v) is 39.0. The molecule has 0 bridgehead atoms. The van der Waals surface area contributed by atoms with E-state index in [1.165, 1.54) is 41.5 Å². The molecular formula is C73H131N21O21. The third-order valence-corrected chi connectivity index (χ3v) is 19.1. The molecule has 18 atom stereocenters. The van der Waals surface area contributed by atoms with Crippen molar-refractivity contribution < 1.29 is 101 Å². The zero-order valence-corrected chi connectivity index (χ0v) is 68.8. The lowest BCUT2D eigenvalue weighted by atomic mass is 9.96. The summed E-state index contributed by atoms with van der Waals surface area (Å²) in [5, 5.41) is 55.0. The minimum atomic E-state index is -1.81. The van der Waals surface area contributed by atoms with E-state index >= 15 is 0 Å². The molecule has 30 N–H and O–H groups in total. The monoisotopic (exact) mass is 1640 g/mol. The number of unbranched alkanes of at least 4 members (excludes halogenated alkanes) is 2. The van der Waals surface area contributed by atoms with E-state index in [2.05, 4.69) is 74.4 Å². The second-order valence-corrected chi connectivity index (χ2v) is 30.2. The molecule has 0 aromatic carbocycles. The van der Waals surface area contributed by atoms with Gasteiger partial charge in [-0.05, 0) is 120 Å². The second-order valence-electron chi connectivity index (χ2n) is 30.2. The molecule has 0 saturated heterocycles. The molecular weight excluding hydrogens is 1510 g/mol. The van der Waals surface area contributed by atoms with E-state index in [0.717, 1.165) is 0 Å². The lowest BCUT2D eigenvalue weighted by Crippen LogP contribution is -2.62. The van der Waals surface area contributed by atoms with Crippen molar-refractivity contribution in [3.05, 3.63) is 0 Å². The number of hydrogen-bond acceptors (Lipinski definition) is 23. The summed E-state index contributed by atoms with van der Waals surface area (Å²) in [5.41, 5.74) is 39.2. The number of amides is 18. The normalized spacial score (nSPS) is 16.0. The number of aliphatic hydroxyl groups excluding tert-OH is 1. The summed E-state index contributed by atoms with van der Waals surface area (Å²) in [4.78, 5) is 255. The van der Waals surface area contributed by atoms with Crippen LogP contribution in [-0.2, 0) is 91.1 Å². The molecule has 0 spiro atoms. The molecule has 0 aliphatic rings. The first kappa shape index (κ1) is 105. The van der Waals surface area contributed by atoms with Gasteiger partial charge >= 0.3 is 5.97 Å². The molecule has 0 heterocycles. The molecule has 18 amide bonds. The molecule has 654 valence electrons. The molecule has 0 fully saturated rings. The van der Waals surface area contributed by atoms with Crippen LogP contribution < -0.4 is 115 Å². The van der Waals surface area contributed by atoms with Gasteiger partial charge in [-0.2, -0.15) is 0 Å². The molecule has 0 aliphatic carbocycles. The maximum absolute atomic E-state index is 14.5. The Kier molecular flexibility index (Phi) is 49.0. The topological polar surface area (TPSA) is 715 Å². The summed E-state index contributed by atoms with van der Waals surface area (Å²) >= 11 is 0. The van der Waals surface area contributed by atoms with E-state index in [4.69, 9.17) is 40.1 Å². The minimum absolute atomic E-state index is 0.0259. The zero-order valence-electron chi connectivity index (χ0n) is 68.8. The van der Waals surface area contributed by atoms with Crippen molar-refractivity contribution in [2.45, 2.75) is 290 Å². The number of carbonyl (C=O) groups excluding carboxylic acids is 18. The fourth-order valence-electron chi connectivity index (χ4n) is 11.3. The summed E-state index contributed by atoms with van der Waals surface area (Å²) in [5.74, 6) is -22.5. The minimum Gasteiger partial charge on any atom is -0.480 e. The van der Waals surface area contributed by atoms with Crippen LogP contribution >= 0.6 is 0 Å². The molecule has 115 heavy (non-hydrogen) atoms. The summed E-state index contributed by atoms with van der Waals surface area (Å²) in [6.45, 7) is 21.4. The van der Waals surface area contributed by atoms with Crippen LogP contribution in [0.2, 0.25) is 0 Å². The number of carbonyl (C=O) groups is 19. The first-order chi connectivity index (χ1) is 53.6. The highest BCUT2D eigenvalue weighted by Crippen LogP contribution is 2.17. The van der Waals surface area contributed by atoms with E-state index in [1.807, 2.05) is 0 Å². The molecule has 0 aromatic heterocycles. The SMILES string of the molecule is CC[C@H](C)[C@H](N)C(=O)N[C@@H](CCC(N)=O)C(=O)N[C@@H](CC(N)=O)C(=O)N[C@@H](C)C(=O)N[C@H](C(=O)N[C@@H](CC(N)=O)C(=O)NCC(=O)N[C@H](C(=O)N[C@@H](CCCCN)C(=O)N[C@@H](CCC(N)=O)C(=O)N[C@H](C(=O)N[C@@H](CCCCN)C(=O)N[C@H](C(=O)N[C@@H](CC(C)C)C(=O)N[C@H](C(=O)O)[C@@H](C)CC)[C@@H](C)O)[C@@H](C)CC)C(C)C)C(C)C. The second kappa shape index (κ2) is 53.8. The van der Waals surface area contributed by atoms with E-state index < -0.39 is 265 Å². The summed E-state index contributed by atoms with van der Waals surface area (Å²) in [6.07, 6.45) is -2.93. The van der Waals surface area contributed by atoms with Crippen molar-refractivity contribution in [2.24, 2.45) is 75.6 Å². The van der Waals surface area contributed by atoms with Crippen molar-refractivity contribution in [3.63, 3.8) is 0 Å². The predicted molar refractivity (Wildman–Crippen MR) is 419 cm³/mol. The summed E-state index contributed by atoms with van der Waals surface area (Å²) in [6, 6.07) is -21.1. The Balaban J connectivity index is 6.81.